The van der Waals surface area contributed by atoms with Crippen molar-refractivity contribution in [3.63, 3.8) is 0 Å². The summed E-state index contributed by atoms with van der Waals surface area (Å²) in [5.74, 6) is -0.471. The Kier molecular flexibility index (Phi) is 9.65. The number of rotatable bonds is 12. The highest BCUT2D eigenvalue weighted by molar-refractivity contribution is 7.52. The summed E-state index contributed by atoms with van der Waals surface area (Å²) in [5.41, 5.74) is 3.18. The van der Waals surface area contributed by atoms with E-state index in [-0.39, 0.29) is 18.2 Å². The van der Waals surface area contributed by atoms with E-state index in [2.05, 4.69) is 10.1 Å². The van der Waals surface area contributed by atoms with Gasteiger partial charge in [0, 0.05) is 6.20 Å². The van der Waals surface area contributed by atoms with Crippen LogP contribution in [0.25, 0.3) is 0 Å². The van der Waals surface area contributed by atoms with Gasteiger partial charge in [-0.05, 0) is 38.5 Å². The maximum absolute atomic E-state index is 13.7. The molecule has 1 aromatic heterocycles. The van der Waals surface area contributed by atoms with Gasteiger partial charge in [-0.1, -0.05) is 31.5 Å². The fourth-order valence-corrected chi connectivity index (χ4v) is 5.24. The van der Waals surface area contributed by atoms with Crippen molar-refractivity contribution in [2.75, 3.05) is 18.9 Å². The zero-order valence-corrected chi connectivity index (χ0v) is 22.2. The number of hydrogen-bond acceptors (Lipinski definition) is 11. The van der Waals surface area contributed by atoms with Crippen LogP contribution in [0.2, 0.25) is 0 Å². The Morgan fingerprint density at radius 1 is 1.39 bits per heavy atom. The Labute approximate surface area is 220 Å². The third-order valence-corrected chi connectivity index (χ3v) is 7.60. The van der Waals surface area contributed by atoms with Gasteiger partial charge in [-0.2, -0.15) is 15.3 Å². The van der Waals surface area contributed by atoms with Gasteiger partial charge in [0.15, 0.2) is 6.23 Å². The molecule has 6 unspecified atom stereocenters. The van der Waals surface area contributed by atoms with Gasteiger partial charge in [0.1, 0.15) is 35.2 Å². The predicted octanol–water partition coefficient (Wildman–Crippen LogP) is 2.14. The number of aliphatic hydroxyl groups excluding tert-OH is 1. The van der Waals surface area contributed by atoms with E-state index in [0.29, 0.717) is 6.42 Å². The average molecular weight is 550 g/mol. The molecule has 6 atom stereocenters. The molecular weight excluding hydrogens is 517 g/mol. The molecule has 38 heavy (non-hydrogen) atoms. The van der Waals surface area contributed by atoms with Crippen LogP contribution >= 0.6 is 7.75 Å². The first-order chi connectivity index (χ1) is 18.0. The monoisotopic (exact) mass is 549 g/mol. The fraction of sp³-hybridized carbons (Fsp3) is 0.500. The summed E-state index contributed by atoms with van der Waals surface area (Å²) in [5, 5.41) is 23.4. The zero-order chi connectivity index (χ0) is 27.9. The van der Waals surface area contributed by atoms with Crippen LogP contribution in [0.4, 0.5) is 5.82 Å². The second kappa shape index (κ2) is 12.5. The summed E-state index contributed by atoms with van der Waals surface area (Å²) in [4.78, 5) is 28.4. The summed E-state index contributed by atoms with van der Waals surface area (Å²) in [6.45, 7) is 4.51. The van der Waals surface area contributed by atoms with Crippen LogP contribution in [0.1, 0.15) is 39.8 Å². The number of aromatic nitrogens is 2. The Morgan fingerprint density at radius 3 is 2.74 bits per heavy atom. The molecule has 1 fully saturated rings. The molecule has 13 nitrogen and oxygen atoms in total. The van der Waals surface area contributed by atoms with Crippen LogP contribution in [0.3, 0.4) is 0 Å². The normalized spacial score (nSPS) is 25.2. The summed E-state index contributed by atoms with van der Waals surface area (Å²) in [6, 6.07) is 10.4. The van der Waals surface area contributed by atoms with Crippen LogP contribution in [-0.4, -0.2) is 52.1 Å². The van der Waals surface area contributed by atoms with E-state index < -0.39 is 55.9 Å². The Bertz CT molecular complexity index is 1250. The van der Waals surface area contributed by atoms with Crippen LogP contribution in [-0.2, 0) is 23.4 Å². The molecule has 1 aliphatic heterocycles. The van der Waals surface area contributed by atoms with Crippen LogP contribution in [0.15, 0.2) is 47.4 Å². The molecule has 1 aliphatic rings. The Balaban J connectivity index is 1.80. The maximum atomic E-state index is 13.7. The van der Waals surface area contributed by atoms with Crippen molar-refractivity contribution in [2.45, 2.75) is 58.1 Å². The second-order valence-electron chi connectivity index (χ2n) is 8.98. The lowest BCUT2D eigenvalue weighted by atomic mass is 9.84. The molecule has 0 spiro atoms. The number of hydrogen-bond donors (Lipinski definition) is 3. The number of nitrogen functional groups attached to an aromatic ring is 1. The van der Waals surface area contributed by atoms with Crippen molar-refractivity contribution in [1.82, 2.24) is 14.6 Å². The smallest absolute Gasteiger partial charge is 0.459 e. The van der Waals surface area contributed by atoms with Gasteiger partial charge in [0.05, 0.1) is 19.3 Å². The molecule has 0 saturated carbocycles. The van der Waals surface area contributed by atoms with E-state index in [0.717, 1.165) is 11.0 Å². The Hall–Kier alpha value is -3.27. The molecule has 4 N–H and O–H groups in total. The number of nitrogens with zero attached hydrogens (tertiary/aromatic N) is 3. The summed E-state index contributed by atoms with van der Waals surface area (Å²) in [6.07, 6.45) is -1.09. The third-order valence-electron chi connectivity index (χ3n) is 5.95. The van der Waals surface area contributed by atoms with Gasteiger partial charge < -0.3 is 24.8 Å². The first kappa shape index (κ1) is 29.3. The minimum atomic E-state index is -4.25. The lowest BCUT2D eigenvalue weighted by Crippen LogP contribution is -2.40. The van der Waals surface area contributed by atoms with Crippen molar-refractivity contribution in [3.05, 3.63) is 53.1 Å². The summed E-state index contributed by atoms with van der Waals surface area (Å²) < 4.78 is 37.0. The minimum Gasteiger partial charge on any atom is -0.465 e. The average Bonchev–Trinajstić information content (AvgIpc) is 3.13. The van der Waals surface area contributed by atoms with E-state index in [9.17, 15) is 24.5 Å². The standard InChI is InChI=1S/C24H32N5O8P/c1-4-5-13-34-21(31)16(2)28-38(33,37-17-9-7-6-8-10-17)35-14-18-20(30)24(3,15-25)22(36-18)29-12-11-19(26)27-23(29)32/h6-12,16,18,20,22,30H,4-5,13-14H2,1-3H3,(H,28,33)(H2,26,27,32). The van der Waals surface area contributed by atoms with E-state index in [4.69, 9.17) is 24.3 Å². The molecule has 0 aliphatic carbocycles. The van der Waals surface area contributed by atoms with E-state index >= 15 is 0 Å². The molecule has 0 radical (unpaired) electrons. The number of aliphatic hydroxyl groups is 1. The molecular formula is C24H32N5O8P. The quantitative estimate of drug-likeness (QED) is 0.199. The molecule has 14 heteroatoms. The molecule has 3 rings (SSSR count). The minimum absolute atomic E-state index is 0.0178. The van der Waals surface area contributed by atoms with E-state index in [1.165, 1.54) is 26.1 Å². The highest BCUT2D eigenvalue weighted by Crippen LogP contribution is 2.48. The number of unbranched alkanes of at least 4 members (excludes halogenated alkanes) is 1. The number of nitriles is 1. The number of para-hydroxylation sites is 1. The number of nitrogens with one attached hydrogen (secondary N) is 1. The molecule has 2 heterocycles. The number of nitrogens with two attached hydrogens (primary N) is 1. The van der Waals surface area contributed by atoms with Crippen molar-refractivity contribution >= 4 is 19.5 Å². The van der Waals surface area contributed by atoms with Gasteiger partial charge in [-0.15, -0.1) is 0 Å². The predicted molar refractivity (Wildman–Crippen MR) is 136 cm³/mol. The first-order valence-corrected chi connectivity index (χ1v) is 13.6. The second-order valence-corrected chi connectivity index (χ2v) is 10.7. The number of benzene rings is 1. The number of carbonyl (C=O) groups excluding carboxylic acids is 1. The highest BCUT2D eigenvalue weighted by atomic mass is 31.2. The largest absolute Gasteiger partial charge is 0.465 e. The molecule has 1 aromatic carbocycles. The van der Waals surface area contributed by atoms with Crippen LogP contribution in [0, 0.1) is 16.7 Å². The van der Waals surface area contributed by atoms with Crippen molar-refractivity contribution in [1.29, 1.82) is 5.26 Å². The number of ether oxygens (including phenoxy) is 2. The van der Waals surface area contributed by atoms with Gasteiger partial charge in [0.25, 0.3) is 0 Å². The number of anilines is 1. The molecule has 1 saturated heterocycles. The molecule has 0 bridgehead atoms. The molecule has 206 valence electrons. The van der Waals surface area contributed by atoms with E-state index in [1.54, 1.807) is 30.3 Å². The van der Waals surface area contributed by atoms with Crippen LogP contribution in [0.5, 0.6) is 5.75 Å². The lowest BCUT2D eigenvalue weighted by Gasteiger charge is -2.26. The molecule has 2 aromatic rings. The van der Waals surface area contributed by atoms with Crippen LogP contribution < -0.4 is 21.0 Å². The SMILES string of the molecule is CCCCOC(=O)C(C)NP(=O)(OCC1OC(n2ccc(N)nc2=O)C(C)(C#N)C1O)Oc1ccccc1. The van der Waals surface area contributed by atoms with Crippen molar-refractivity contribution in [2.24, 2.45) is 5.41 Å². The summed E-state index contributed by atoms with van der Waals surface area (Å²) >= 11 is 0. The third kappa shape index (κ3) is 6.78. The highest BCUT2D eigenvalue weighted by Gasteiger charge is 2.55. The first-order valence-electron chi connectivity index (χ1n) is 12.1. The van der Waals surface area contributed by atoms with Crippen molar-refractivity contribution < 1.29 is 33.0 Å². The van der Waals surface area contributed by atoms with Gasteiger partial charge >= 0.3 is 19.4 Å². The van der Waals surface area contributed by atoms with Gasteiger partial charge in [-0.25, -0.2) is 9.36 Å². The van der Waals surface area contributed by atoms with E-state index in [1.807, 2.05) is 13.0 Å². The Morgan fingerprint density at radius 2 is 2.11 bits per heavy atom. The van der Waals surface area contributed by atoms with Gasteiger partial charge in [-0.3, -0.25) is 13.9 Å². The molecule has 0 amide bonds. The zero-order valence-electron chi connectivity index (χ0n) is 21.4. The lowest BCUT2D eigenvalue weighted by molar-refractivity contribution is -0.145. The number of carbonyl (C=O) groups is 1. The van der Waals surface area contributed by atoms with Gasteiger partial charge in [0.2, 0.25) is 0 Å². The topological polar surface area (TPSA) is 188 Å². The number of esters is 1. The fourth-order valence-electron chi connectivity index (χ4n) is 3.74. The van der Waals surface area contributed by atoms with Crippen molar-refractivity contribution in [3.8, 4) is 11.8 Å². The summed E-state index contributed by atoms with van der Waals surface area (Å²) in [7, 11) is -4.25. The maximum Gasteiger partial charge on any atom is 0.459 e.